The van der Waals surface area contributed by atoms with Crippen LogP contribution < -0.4 is 10.5 Å². The number of anilines is 1. The molecule has 1 fully saturated rings. The Bertz CT molecular complexity index is 840. The Morgan fingerprint density at radius 2 is 2.17 bits per heavy atom. The van der Waals surface area contributed by atoms with Crippen LogP contribution in [0.2, 0.25) is 0 Å². The number of thiophene rings is 1. The number of nitrogens with zero attached hydrogens (tertiary/aromatic N) is 4. The van der Waals surface area contributed by atoms with Crippen molar-refractivity contribution < 1.29 is 4.74 Å². The van der Waals surface area contributed by atoms with Gasteiger partial charge in [-0.1, -0.05) is 12.8 Å². The zero-order valence-corrected chi connectivity index (χ0v) is 14.8. The summed E-state index contributed by atoms with van der Waals surface area (Å²) in [4.78, 5) is 14.2. The lowest BCUT2D eigenvalue weighted by molar-refractivity contribution is 0.301. The third-order valence-corrected chi connectivity index (χ3v) is 5.77. The largest absolute Gasteiger partial charge is 0.470 e. The van der Waals surface area contributed by atoms with Crippen molar-refractivity contribution in [3.63, 3.8) is 0 Å². The van der Waals surface area contributed by atoms with Gasteiger partial charge < -0.3 is 15.0 Å². The van der Waals surface area contributed by atoms with Gasteiger partial charge in [0, 0.05) is 20.8 Å². The summed E-state index contributed by atoms with van der Waals surface area (Å²) in [7, 11) is 0. The molecule has 0 spiro atoms. The maximum atomic E-state index is 5.88. The third kappa shape index (κ3) is 2.92. The molecule has 23 heavy (non-hydrogen) atoms. The normalized spacial score (nSPS) is 15.5. The molecular formula is C15H16BrN5OS. The van der Waals surface area contributed by atoms with Crippen LogP contribution >= 0.6 is 27.3 Å². The van der Waals surface area contributed by atoms with Gasteiger partial charge in [0.05, 0.1) is 6.33 Å². The van der Waals surface area contributed by atoms with Crippen molar-refractivity contribution in [2.75, 3.05) is 5.73 Å². The van der Waals surface area contributed by atoms with Crippen LogP contribution in [0.4, 0.5) is 5.95 Å². The van der Waals surface area contributed by atoms with E-state index in [-0.39, 0.29) is 5.95 Å². The van der Waals surface area contributed by atoms with Gasteiger partial charge in [0.15, 0.2) is 11.2 Å². The zero-order chi connectivity index (χ0) is 15.8. The third-order valence-electron chi connectivity index (χ3n) is 4.10. The number of nitrogen functional groups attached to an aromatic ring is 1. The highest BCUT2D eigenvalue weighted by atomic mass is 79.9. The molecule has 0 saturated heterocycles. The minimum Gasteiger partial charge on any atom is -0.470 e. The Kier molecular flexibility index (Phi) is 3.94. The molecular weight excluding hydrogens is 378 g/mol. The number of imidazole rings is 1. The molecule has 0 amide bonds. The minimum absolute atomic E-state index is 0.222. The van der Waals surface area contributed by atoms with Crippen molar-refractivity contribution in [3.05, 3.63) is 27.1 Å². The summed E-state index contributed by atoms with van der Waals surface area (Å²) in [5.74, 6) is 0.674. The van der Waals surface area contributed by atoms with Gasteiger partial charge in [0.25, 0.3) is 0 Å². The van der Waals surface area contributed by atoms with E-state index in [2.05, 4.69) is 35.4 Å². The van der Waals surface area contributed by atoms with Gasteiger partial charge in [0.2, 0.25) is 11.8 Å². The van der Waals surface area contributed by atoms with Gasteiger partial charge >= 0.3 is 0 Å². The highest BCUT2D eigenvalue weighted by Gasteiger charge is 2.22. The molecule has 6 nitrogen and oxygen atoms in total. The molecule has 1 aliphatic rings. The first-order valence-corrected chi connectivity index (χ1v) is 9.24. The van der Waals surface area contributed by atoms with Crippen LogP contribution in [0.15, 0.2) is 22.2 Å². The van der Waals surface area contributed by atoms with Crippen LogP contribution in [0.1, 0.15) is 36.6 Å². The summed E-state index contributed by atoms with van der Waals surface area (Å²) >= 11 is 5.08. The van der Waals surface area contributed by atoms with Crippen LogP contribution in [0.3, 0.4) is 0 Å². The van der Waals surface area contributed by atoms with Crippen molar-refractivity contribution in [1.29, 1.82) is 0 Å². The predicted octanol–water partition coefficient (Wildman–Crippen LogP) is 3.93. The second-order valence-corrected chi connectivity index (χ2v) is 7.58. The molecule has 0 atom stereocenters. The molecule has 1 saturated carbocycles. The topological polar surface area (TPSA) is 78.9 Å². The summed E-state index contributed by atoms with van der Waals surface area (Å²) in [6, 6.07) is 2.49. The molecule has 3 heterocycles. The fourth-order valence-corrected chi connectivity index (χ4v) is 4.39. The Balaban J connectivity index is 1.66. The molecule has 0 bridgehead atoms. The van der Waals surface area contributed by atoms with E-state index in [1.807, 2.05) is 17.8 Å². The van der Waals surface area contributed by atoms with E-state index in [0.717, 1.165) is 27.8 Å². The lowest BCUT2D eigenvalue weighted by atomic mass is 10.2. The van der Waals surface area contributed by atoms with E-state index in [4.69, 9.17) is 10.5 Å². The first-order chi connectivity index (χ1) is 11.2. The quantitative estimate of drug-likeness (QED) is 0.726. The minimum atomic E-state index is 0.222. The summed E-state index contributed by atoms with van der Waals surface area (Å²) < 4.78 is 9.03. The monoisotopic (exact) mass is 393 g/mol. The van der Waals surface area contributed by atoms with Crippen molar-refractivity contribution in [1.82, 2.24) is 19.5 Å². The molecule has 8 heteroatoms. The number of ether oxygens (including phenoxy) is 1. The maximum Gasteiger partial charge on any atom is 0.247 e. The first kappa shape index (κ1) is 14.9. The number of aromatic nitrogens is 4. The van der Waals surface area contributed by atoms with E-state index in [0.29, 0.717) is 24.0 Å². The van der Waals surface area contributed by atoms with E-state index in [1.54, 1.807) is 11.3 Å². The molecule has 120 valence electrons. The maximum absolute atomic E-state index is 5.88. The number of halogens is 1. The van der Waals surface area contributed by atoms with E-state index < -0.39 is 0 Å². The average Bonchev–Trinajstić information content (AvgIpc) is 3.24. The Labute approximate surface area is 145 Å². The molecule has 0 unspecified atom stereocenters. The summed E-state index contributed by atoms with van der Waals surface area (Å²) in [5, 5.41) is 2.03. The van der Waals surface area contributed by atoms with Gasteiger partial charge in [-0.3, -0.25) is 0 Å². The van der Waals surface area contributed by atoms with Crippen molar-refractivity contribution in [2.45, 2.75) is 38.3 Å². The average molecular weight is 394 g/mol. The molecule has 4 rings (SSSR count). The number of fused-ring (bicyclic) bond motifs is 1. The summed E-state index contributed by atoms with van der Waals surface area (Å²) in [6.07, 6.45) is 6.66. The molecule has 1 aliphatic carbocycles. The van der Waals surface area contributed by atoms with Gasteiger partial charge in [-0.05, 0) is 34.8 Å². The molecule has 0 aliphatic heterocycles. The van der Waals surface area contributed by atoms with Gasteiger partial charge in [0.1, 0.15) is 6.61 Å². The second kappa shape index (κ2) is 6.09. The molecule has 0 radical (unpaired) electrons. The molecule has 0 aromatic carbocycles. The van der Waals surface area contributed by atoms with Crippen molar-refractivity contribution in [3.8, 4) is 5.88 Å². The summed E-state index contributed by atoms with van der Waals surface area (Å²) in [6.45, 7) is 0.443. The highest BCUT2D eigenvalue weighted by Crippen LogP contribution is 2.33. The Hall–Kier alpha value is -1.67. The van der Waals surface area contributed by atoms with E-state index in [9.17, 15) is 0 Å². The van der Waals surface area contributed by atoms with Crippen LogP contribution in [0, 0.1) is 0 Å². The number of rotatable bonds is 4. The van der Waals surface area contributed by atoms with Crippen molar-refractivity contribution >= 4 is 44.4 Å². The smallest absolute Gasteiger partial charge is 0.247 e. The highest BCUT2D eigenvalue weighted by molar-refractivity contribution is 9.10. The summed E-state index contributed by atoms with van der Waals surface area (Å²) in [5.41, 5.74) is 7.33. The Morgan fingerprint density at radius 1 is 1.35 bits per heavy atom. The Morgan fingerprint density at radius 3 is 2.91 bits per heavy atom. The van der Waals surface area contributed by atoms with E-state index >= 15 is 0 Å². The van der Waals surface area contributed by atoms with Gasteiger partial charge in [-0.25, -0.2) is 4.98 Å². The first-order valence-electron chi connectivity index (χ1n) is 7.56. The van der Waals surface area contributed by atoms with Crippen LogP contribution in [0.5, 0.6) is 5.88 Å². The van der Waals surface area contributed by atoms with Crippen LogP contribution in [-0.2, 0) is 6.61 Å². The lowest BCUT2D eigenvalue weighted by Crippen LogP contribution is -2.06. The molecule has 3 aromatic heterocycles. The standard InChI is InChI=1S/C15H16BrN5OS/c16-9-5-11(23-7-9)6-22-14-12-13(19-15(17)20-14)21(8-18-12)10-3-1-2-4-10/h5,7-8,10H,1-4,6H2,(H2,17,19,20). The fraction of sp³-hybridized carbons (Fsp3) is 0.400. The van der Waals surface area contributed by atoms with Crippen molar-refractivity contribution in [2.24, 2.45) is 0 Å². The predicted molar refractivity (Wildman–Crippen MR) is 93.6 cm³/mol. The SMILES string of the molecule is Nc1nc(OCc2cc(Br)cs2)c2ncn(C3CCCC3)c2n1. The number of hydrogen-bond donors (Lipinski definition) is 1. The molecule has 3 aromatic rings. The second-order valence-electron chi connectivity index (χ2n) is 5.67. The van der Waals surface area contributed by atoms with Gasteiger partial charge in [-0.15, -0.1) is 11.3 Å². The van der Waals surface area contributed by atoms with Crippen LogP contribution in [-0.4, -0.2) is 19.5 Å². The molecule has 2 N–H and O–H groups in total. The van der Waals surface area contributed by atoms with Gasteiger partial charge in [-0.2, -0.15) is 9.97 Å². The number of nitrogens with two attached hydrogens (primary N) is 1. The van der Waals surface area contributed by atoms with E-state index in [1.165, 1.54) is 12.8 Å². The number of hydrogen-bond acceptors (Lipinski definition) is 6. The fourth-order valence-electron chi connectivity index (χ4n) is 3.03. The lowest BCUT2D eigenvalue weighted by Gasteiger charge is -2.12. The zero-order valence-electron chi connectivity index (χ0n) is 12.4. The van der Waals surface area contributed by atoms with Crippen LogP contribution in [0.25, 0.3) is 11.2 Å².